The highest BCUT2D eigenvalue weighted by atomic mass is 16.3. The molecule has 2 rings (SSSR count). The van der Waals surface area contributed by atoms with Crippen molar-refractivity contribution in [3.8, 4) is 0 Å². The molecule has 2 aromatic rings. The number of carbonyl (C=O) groups excluding carboxylic acids is 1. The summed E-state index contributed by atoms with van der Waals surface area (Å²) >= 11 is 0. The molecule has 0 saturated carbocycles. The second-order valence-electron chi connectivity index (χ2n) is 3.98. The van der Waals surface area contributed by atoms with Gasteiger partial charge < -0.3 is 14.2 Å². The number of nitrogens with one attached hydrogen (secondary N) is 2. The molecule has 0 fully saturated rings. The molecule has 0 bridgehead atoms. The summed E-state index contributed by atoms with van der Waals surface area (Å²) in [5.74, 6) is 1.47. The van der Waals surface area contributed by atoms with Gasteiger partial charge in [-0.1, -0.05) is 0 Å². The average Bonchev–Trinajstić information content (AvgIpc) is 3.05. The van der Waals surface area contributed by atoms with Crippen LogP contribution in [0.4, 0.5) is 0 Å². The molecule has 0 aromatic carbocycles. The predicted octanol–water partition coefficient (Wildman–Crippen LogP) is 1.67. The molecule has 0 spiro atoms. The van der Waals surface area contributed by atoms with Crippen molar-refractivity contribution in [1.82, 2.24) is 10.6 Å². The molecule has 96 valence electrons. The maximum atomic E-state index is 11.8. The van der Waals surface area contributed by atoms with E-state index in [9.17, 15) is 4.79 Å². The molecular formula is C13H16N2O3. The molecule has 0 radical (unpaired) electrons. The third kappa shape index (κ3) is 3.49. The summed E-state index contributed by atoms with van der Waals surface area (Å²) in [6.45, 7) is 2.74. The molecule has 5 heteroatoms. The normalized spacial score (nSPS) is 12.3. The van der Waals surface area contributed by atoms with Crippen molar-refractivity contribution >= 4 is 5.91 Å². The quantitative estimate of drug-likeness (QED) is 0.816. The lowest BCUT2D eigenvalue weighted by Gasteiger charge is -2.12. The first-order valence-electron chi connectivity index (χ1n) is 5.81. The Balaban J connectivity index is 1.71. The molecule has 0 saturated heterocycles. The van der Waals surface area contributed by atoms with Gasteiger partial charge in [0.1, 0.15) is 11.5 Å². The van der Waals surface area contributed by atoms with Crippen LogP contribution in [0.15, 0.2) is 45.6 Å². The van der Waals surface area contributed by atoms with Crippen LogP contribution in [0.5, 0.6) is 0 Å². The molecule has 0 aliphatic carbocycles. The van der Waals surface area contributed by atoms with Gasteiger partial charge >= 0.3 is 0 Å². The first kappa shape index (κ1) is 12.4. The van der Waals surface area contributed by atoms with Gasteiger partial charge in [-0.25, -0.2) is 0 Å². The third-order valence-corrected chi connectivity index (χ3v) is 2.57. The van der Waals surface area contributed by atoms with Gasteiger partial charge in [0, 0.05) is 0 Å². The zero-order valence-corrected chi connectivity index (χ0v) is 10.2. The van der Waals surface area contributed by atoms with Gasteiger partial charge in [-0.05, 0) is 31.2 Å². The van der Waals surface area contributed by atoms with Gasteiger partial charge in [-0.3, -0.25) is 10.1 Å². The highest BCUT2D eigenvalue weighted by Gasteiger charge is 2.12. The molecule has 2 heterocycles. The molecule has 0 aliphatic heterocycles. The van der Waals surface area contributed by atoms with Crippen molar-refractivity contribution < 1.29 is 13.6 Å². The number of furan rings is 2. The summed E-state index contributed by atoms with van der Waals surface area (Å²) in [7, 11) is 0. The van der Waals surface area contributed by atoms with Crippen molar-refractivity contribution in [2.45, 2.75) is 26.1 Å². The van der Waals surface area contributed by atoms with Crippen LogP contribution < -0.4 is 10.6 Å². The van der Waals surface area contributed by atoms with E-state index in [2.05, 4.69) is 10.6 Å². The highest BCUT2D eigenvalue weighted by Crippen LogP contribution is 2.01. The van der Waals surface area contributed by atoms with Crippen molar-refractivity contribution in [3.05, 3.63) is 48.3 Å². The van der Waals surface area contributed by atoms with Crippen LogP contribution in [0.25, 0.3) is 0 Å². The van der Waals surface area contributed by atoms with E-state index in [0.29, 0.717) is 13.1 Å². The number of rotatable bonds is 6. The third-order valence-electron chi connectivity index (χ3n) is 2.57. The molecule has 5 nitrogen and oxygen atoms in total. The minimum Gasteiger partial charge on any atom is -0.468 e. The van der Waals surface area contributed by atoms with E-state index in [-0.39, 0.29) is 11.9 Å². The summed E-state index contributed by atoms with van der Waals surface area (Å²) in [5, 5.41) is 5.87. The number of carbonyl (C=O) groups is 1. The van der Waals surface area contributed by atoms with Gasteiger partial charge in [-0.2, -0.15) is 0 Å². The Morgan fingerprint density at radius 2 is 1.78 bits per heavy atom. The Bertz CT molecular complexity index is 462. The summed E-state index contributed by atoms with van der Waals surface area (Å²) < 4.78 is 10.3. The number of hydrogen-bond donors (Lipinski definition) is 2. The highest BCUT2D eigenvalue weighted by molar-refractivity contribution is 5.81. The van der Waals surface area contributed by atoms with Crippen LogP contribution in [0.1, 0.15) is 18.4 Å². The van der Waals surface area contributed by atoms with Crippen molar-refractivity contribution in [1.29, 1.82) is 0 Å². The second kappa shape index (κ2) is 6.07. The van der Waals surface area contributed by atoms with Gasteiger partial charge in [0.05, 0.1) is 31.7 Å². The van der Waals surface area contributed by atoms with Crippen LogP contribution in [0.3, 0.4) is 0 Å². The Morgan fingerprint density at radius 1 is 1.17 bits per heavy atom. The second-order valence-corrected chi connectivity index (χ2v) is 3.98. The molecule has 18 heavy (non-hydrogen) atoms. The van der Waals surface area contributed by atoms with Gasteiger partial charge in [0.2, 0.25) is 5.91 Å². The monoisotopic (exact) mass is 248 g/mol. The van der Waals surface area contributed by atoms with E-state index in [1.807, 2.05) is 18.2 Å². The van der Waals surface area contributed by atoms with Gasteiger partial charge in [0.25, 0.3) is 0 Å². The lowest BCUT2D eigenvalue weighted by Crippen LogP contribution is -2.41. The zero-order valence-electron chi connectivity index (χ0n) is 10.2. The maximum Gasteiger partial charge on any atom is 0.237 e. The molecular weight excluding hydrogens is 232 g/mol. The lowest BCUT2D eigenvalue weighted by atomic mass is 10.3. The fraction of sp³-hybridized carbons (Fsp3) is 0.308. The van der Waals surface area contributed by atoms with E-state index < -0.39 is 0 Å². The van der Waals surface area contributed by atoms with Crippen LogP contribution in [-0.4, -0.2) is 11.9 Å². The molecule has 1 amide bonds. The summed E-state index contributed by atoms with van der Waals surface area (Å²) in [4.78, 5) is 11.8. The first-order valence-corrected chi connectivity index (χ1v) is 5.81. The SMILES string of the molecule is CC(NCc1ccco1)C(=O)NCc1ccco1. The van der Waals surface area contributed by atoms with E-state index in [4.69, 9.17) is 8.83 Å². The summed E-state index contributed by atoms with van der Waals surface area (Å²) in [6.07, 6.45) is 3.19. The van der Waals surface area contributed by atoms with Gasteiger partial charge in [0.15, 0.2) is 0 Å². The first-order chi connectivity index (χ1) is 8.75. The van der Waals surface area contributed by atoms with Crippen LogP contribution in [0.2, 0.25) is 0 Å². The zero-order chi connectivity index (χ0) is 12.8. The van der Waals surface area contributed by atoms with Crippen molar-refractivity contribution in [2.24, 2.45) is 0 Å². The maximum absolute atomic E-state index is 11.8. The van der Waals surface area contributed by atoms with Crippen molar-refractivity contribution in [3.63, 3.8) is 0 Å². The molecule has 1 unspecified atom stereocenters. The lowest BCUT2D eigenvalue weighted by molar-refractivity contribution is -0.123. The molecule has 2 N–H and O–H groups in total. The minimum absolute atomic E-state index is 0.0713. The fourth-order valence-electron chi connectivity index (χ4n) is 1.50. The standard InChI is InChI=1S/C13H16N2O3/c1-10(14-8-11-4-2-6-17-11)13(16)15-9-12-5-3-7-18-12/h2-7,10,14H,8-9H2,1H3,(H,15,16). The fourth-order valence-corrected chi connectivity index (χ4v) is 1.50. The van der Waals surface area contributed by atoms with Crippen LogP contribution in [-0.2, 0) is 17.9 Å². The Labute approximate surface area is 105 Å². The molecule has 0 aliphatic rings. The molecule has 2 aromatic heterocycles. The average molecular weight is 248 g/mol. The number of hydrogen-bond acceptors (Lipinski definition) is 4. The van der Waals surface area contributed by atoms with Gasteiger partial charge in [-0.15, -0.1) is 0 Å². The van der Waals surface area contributed by atoms with Crippen LogP contribution >= 0.6 is 0 Å². The van der Waals surface area contributed by atoms with E-state index in [1.54, 1.807) is 25.5 Å². The topological polar surface area (TPSA) is 67.4 Å². The predicted molar refractivity (Wildman–Crippen MR) is 65.6 cm³/mol. The Kier molecular flexibility index (Phi) is 4.20. The molecule has 1 atom stereocenters. The summed E-state index contributed by atoms with van der Waals surface area (Å²) in [5.41, 5.74) is 0. The van der Waals surface area contributed by atoms with Crippen molar-refractivity contribution in [2.75, 3.05) is 0 Å². The van der Waals surface area contributed by atoms with Crippen LogP contribution in [0, 0.1) is 0 Å². The minimum atomic E-state index is -0.287. The number of amides is 1. The largest absolute Gasteiger partial charge is 0.468 e. The van der Waals surface area contributed by atoms with E-state index in [0.717, 1.165) is 11.5 Å². The Hall–Kier alpha value is -2.01. The van der Waals surface area contributed by atoms with E-state index in [1.165, 1.54) is 0 Å². The summed E-state index contributed by atoms with van der Waals surface area (Å²) in [6, 6.07) is 7.01. The smallest absolute Gasteiger partial charge is 0.237 e. The Morgan fingerprint density at radius 3 is 2.33 bits per heavy atom. The van der Waals surface area contributed by atoms with E-state index >= 15 is 0 Å².